The first-order valence-electron chi connectivity index (χ1n) is 11.5. The summed E-state index contributed by atoms with van der Waals surface area (Å²) in [7, 11) is 0. The number of carbonyl (C=O) groups is 1. The molecule has 0 saturated carbocycles. The van der Waals surface area contributed by atoms with Gasteiger partial charge in [0.05, 0.1) is 0 Å². The van der Waals surface area contributed by atoms with E-state index in [1.54, 1.807) is 18.5 Å². The molecule has 0 spiro atoms. The highest BCUT2D eigenvalue weighted by Gasteiger charge is 2.18. The van der Waals surface area contributed by atoms with Crippen LogP contribution in [0.3, 0.4) is 0 Å². The molecule has 7 heteroatoms. The Balaban J connectivity index is 1.16. The molecule has 0 bridgehead atoms. The summed E-state index contributed by atoms with van der Waals surface area (Å²) < 4.78 is 5.88. The number of aryl methyl sites for hydroxylation is 1. The van der Waals surface area contributed by atoms with Gasteiger partial charge in [-0.15, -0.1) is 0 Å². The van der Waals surface area contributed by atoms with Crippen molar-refractivity contribution in [1.82, 2.24) is 20.2 Å². The predicted octanol–water partition coefficient (Wildman–Crippen LogP) is 3.31. The van der Waals surface area contributed by atoms with E-state index in [1.165, 1.54) is 5.56 Å². The minimum absolute atomic E-state index is 0.0675. The van der Waals surface area contributed by atoms with Crippen LogP contribution in [0.2, 0.25) is 0 Å². The lowest BCUT2D eigenvalue weighted by Crippen LogP contribution is -2.47. The van der Waals surface area contributed by atoms with Gasteiger partial charge < -0.3 is 15.0 Å². The van der Waals surface area contributed by atoms with Gasteiger partial charge in [-0.05, 0) is 49.7 Å². The standard InChI is InChI=1S/C26H31N5O2/c1-21-6-2-7-22(18-21)20-33-24-9-3-8-23(19-24)25(32)27-12-5-13-30-14-16-31(17-15-30)26-28-10-4-11-29-26/h2-4,6-11,18-19H,5,12-17,20H2,1H3,(H,27,32). The summed E-state index contributed by atoms with van der Waals surface area (Å²) in [6.07, 6.45) is 4.48. The lowest BCUT2D eigenvalue weighted by molar-refractivity contribution is 0.0951. The fourth-order valence-corrected chi connectivity index (χ4v) is 3.93. The number of aromatic nitrogens is 2. The zero-order valence-electron chi connectivity index (χ0n) is 19.1. The van der Waals surface area contributed by atoms with Crippen LogP contribution in [0.4, 0.5) is 5.95 Å². The van der Waals surface area contributed by atoms with Crippen molar-refractivity contribution in [2.75, 3.05) is 44.2 Å². The van der Waals surface area contributed by atoms with Crippen molar-refractivity contribution in [3.8, 4) is 5.75 Å². The molecule has 1 amide bonds. The molecular weight excluding hydrogens is 414 g/mol. The van der Waals surface area contributed by atoms with Gasteiger partial charge in [0.2, 0.25) is 5.95 Å². The number of hydrogen-bond donors (Lipinski definition) is 1. The molecule has 2 heterocycles. The number of amides is 1. The SMILES string of the molecule is Cc1cccc(COc2cccc(C(=O)NCCCN3CCN(c4ncccn4)CC3)c2)c1. The lowest BCUT2D eigenvalue weighted by atomic mass is 10.1. The normalized spacial score (nSPS) is 14.2. The lowest BCUT2D eigenvalue weighted by Gasteiger charge is -2.34. The van der Waals surface area contributed by atoms with Gasteiger partial charge in [-0.3, -0.25) is 9.69 Å². The molecule has 0 aliphatic carbocycles. The second-order valence-electron chi connectivity index (χ2n) is 8.29. The number of ether oxygens (including phenoxy) is 1. The van der Waals surface area contributed by atoms with Crippen molar-refractivity contribution in [3.63, 3.8) is 0 Å². The van der Waals surface area contributed by atoms with Crippen molar-refractivity contribution >= 4 is 11.9 Å². The average Bonchev–Trinajstić information content (AvgIpc) is 2.86. The number of hydrogen-bond acceptors (Lipinski definition) is 6. The molecule has 1 aliphatic heterocycles. The van der Waals surface area contributed by atoms with Crippen molar-refractivity contribution in [3.05, 3.63) is 83.7 Å². The first-order valence-corrected chi connectivity index (χ1v) is 11.5. The molecule has 1 aromatic heterocycles. The summed E-state index contributed by atoms with van der Waals surface area (Å²) in [6.45, 7) is 7.96. The van der Waals surface area contributed by atoms with Crippen LogP contribution in [0.25, 0.3) is 0 Å². The Morgan fingerprint density at radius 1 is 1.00 bits per heavy atom. The number of carbonyl (C=O) groups excluding carboxylic acids is 1. The fraction of sp³-hybridized carbons (Fsp3) is 0.346. The van der Waals surface area contributed by atoms with Crippen molar-refractivity contribution in [1.29, 1.82) is 0 Å². The molecule has 3 aromatic rings. The average molecular weight is 446 g/mol. The molecule has 1 aliphatic rings. The Hall–Kier alpha value is -3.45. The smallest absolute Gasteiger partial charge is 0.251 e. The maximum absolute atomic E-state index is 12.6. The van der Waals surface area contributed by atoms with Gasteiger partial charge >= 0.3 is 0 Å². The Morgan fingerprint density at radius 3 is 2.58 bits per heavy atom. The first kappa shape index (κ1) is 22.7. The van der Waals surface area contributed by atoms with Gasteiger partial charge in [-0.1, -0.05) is 35.9 Å². The highest BCUT2D eigenvalue weighted by atomic mass is 16.5. The topological polar surface area (TPSA) is 70.6 Å². The third-order valence-corrected chi connectivity index (χ3v) is 5.73. The predicted molar refractivity (Wildman–Crippen MR) is 130 cm³/mol. The number of nitrogens with one attached hydrogen (secondary N) is 1. The van der Waals surface area contributed by atoms with E-state index in [-0.39, 0.29) is 5.91 Å². The molecule has 4 rings (SSSR count). The van der Waals surface area contributed by atoms with Crippen molar-refractivity contribution in [2.24, 2.45) is 0 Å². The third-order valence-electron chi connectivity index (χ3n) is 5.73. The van der Waals surface area contributed by atoms with E-state index in [0.29, 0.717) is 24.5 Å². The molecule has 0 radical (unpaired) electrons. The van der Waals surface area contributed by atoms with Gasteiger partial charge in [0, 0.05) is 50.7 Å². The van der Waals surface area contributed by atoms with Crippen LogP contribution in [-0.4, -0.2) is 60.0 Å². The fourth-order valence-electron chi connectivity index (χ4n) is 3.93. The molecule has 33 heavy (non-hydrogen) atoms. The second-order valence-corrected chi connectivity index (χ2v) is 8.29. The zero-order chi connectivity index (χ0) is 22.9. The van der Waals surface area contributed by atoms with Crippen molar-refractivity contribution < 1.29 is 9.53 Å². The summed E-state index contributed by atoms with van der Waals surface area (Å²) in [5.74, 6) is 1.43. The molecule has 2 aromatic carbocycles. The van der Waals surface area contributed by atoms with E-state index in [0.717, 1.165) is 50.7 Å². The molecule has 1 saturated heterocycles. The van der Waals surface area contributed by atoms with Crippen molar-refractivity contribution in [2.45, 2.75) is 20.0 Å². The van der Waals surface area contributed by atoms with Crippen LogP contribution in [0, 0.1) is 6.92 Å². The second kappa shape index (κ2) is 11.4. The summed E-state index contributed by atoms with van der Waals surface area (Å²) in [6, 6.07) is 17.4. The van der Waals surface area contributed by atoms with E-state index in [4.69, 9.17) is 4.74 Å². The number of rotatable bonds is 9. The Morgan fingerprint density at radius 2 is 1.79 bits per heavy atom. The quantitative estimate of drug-likeness (QED) is 0.510. The molecule has 0 unspecified atom stereocenters. The Bertz CT molecular complexity index is 1040. The highest BCUT2D eigenvalue weighted by molar-refractivity contribution is 5.94. The summed E-state index contributed by atoms with van der Waals surface area (Å²) in [5, 5.41) is 3.03. The molecular formula is C26H31N5O2. The minimum atomic E-state index is -0.0675. The molecule has 0 atom stereocenters. The summed E-state index contributed by atoms with van der Waals surface area (Å²) in [4.78, 5) is 25.9. The highest BCUT2D eigenvalue weighted by Crippen LogP contribution is 2.16. The van der Waals surface area contributed by atoms with Crippen LogP contribution in [0.15, 0.2) is 67.0 Å². The molecule has 1 N–H and O–H groups in total. The number of nitrogens with zero attached hydrogens (tertiary/aromatic N) is 4. The monoisotopic (exact) mass is 445 g/mol. The Labute approximate surface area is 195 Å². The third kappa shape index (κ3) is 6.76. The van der Waals surface area contributed by atoms with Crippen LogP contribution >= 0.6 is 0 Å². The van der Waals surface area contributed by atoms with Gasteiger partial charge in [0.15, 0.2) is 0 Å². The van der Waals surface area contributed by atoms with Gasteiger partial charge in [0.1, 0.15) is 12.4 Å². The van der Waals surface area contributed by atoms with Gasteiger partial charge in [0.25, 0.3) is 5.91 Å². The number of piperazine rings is 1. The molecule has 172 valence electrons. The minimum Gasteiger partial charge on any atom is -0.489 e. The number of anilines is 1. The van der Waals surface area contributed by atoms with E-state index in [2.05, 4.69) is 44.1 Å². The van der Waals surface area contributed by atoms with Crippen LogP contribution in [0.5, 0.6) is 5.75 Å². The van der Waals surface area contributed by atoms with E-state index in [1.807, 2.05) is 36.4 Å². The maximum Gasteiger partial charge on any atom is 0.251 e. The molecule has 7 nitrogen and oxygen atoms in total. The van der Waals surface area contributed by atoms with Gasteiger partial charge in [-0.25, -0.2) is 9.97 Å². The van der Waals surface area contributed by atoms with Crippen LogP contribution in [-0.2, 0) is 6.61 Å². The molecule has 1 fully saturated rings. The summed E-state index contributed by atoms with van der Waals surface area (Å²) >= 11 is 0. The Kier molecular flexibility index (Phi) is 7.87. The maximum atomic E-state index is 12.6. The van der Waals surface area contributed by atoms with E-state index >= 15 is 0 Å². The largest absolute Gasteiger partial charge is 0.489 e. The zero-order valence-corrected chi connectivity index (χ0v) is 19.1. The van der Waals surface area contributed by atoms with Crippen LogP contribution in [0.1, 0.15) is 27.9 Å². The summed E-state index contributed by atoms with van der Waals surface area (Å²) in [5.41, 5.74) is 2.94. The van der Waals surface area contributed by atoms with E-state index < -0.39 is 0 Å². The first-order chi connectivity index (χ1) is 16.2. The van der Waals surface area contributed by atoms with Gasteiger partial charge in [-0.2, -0.15) is 0 Å². The number of benzene rings is 2. The van der Waals surface area contributed by atoms with E-state index in [9.17, 15) is 4.79 Å². The van der Waals surface area contributed by atoms with Crippen LogP contribution < -0.4 is 15.0 Å².